The molecule has 2 aromatic carbocycles. The standard InChI is InChI=1S/C18H12ClN7/c19-12-6-8-13(9-7-12)21-18-24-23-17-14-10-20-15(11-4-2-1-3-5-11)22-16(14)25-26(17)18/h1-10H,(H,21,24)(H,20,22,25). The molecule has 126 valence electrons. The smallest absolute Gasteiger partial charge is 0.248 e. The van der Waals surface area contributed by atoms with E-state index in [1.807, 2.05) is 54.6 Å². The van der Waals surface area contributed by atoms with Crippen LogP contribution in [0.15, 0.2) is 60.8 Å². The zero-order valence-corrected chi connectivity index (χ0v) is 14.1. The first-order valence-corrected chi connectivity index (χ1v) is 8.33. The van der Waals surface area contributed by atoms with Gasteiger partial charge < -0.3 is 5.32 Å². The van der Waals surface area contributed by atoms with E-state index in [0.29, 0.717) is 28.1 Å². The van der Waals surface area contributed by atoms with Crippen LogP contribution in [0.1, 0.15) is 0 Å². The minimum absolute atomic E-state index is 0.557. The molecule has 0 bridgehead atoms. The summed E-state index contributed by atoms with van der Waals surface area (Å²) in [6.45, 7) is 0. The summed E-state index contributed by atoms with van der Waals surface area (Å²) < 4.78 is 1.75. The fourth-order valence-corrected chi connectivity index (χ4v) is 2.90. The first-order valence-electron chi connectivity index (χ1n) is 7.96. The number of anilines is 2. The van der Waals surface area contributed by atoms with Gasteiger partial charge in [-0.05, 0) is 24.3 Å². The number of hydrogen-bond acceptors (Lipinski definition) is 5. The third-order valence-electron chi connectivity index (χ3n) is 4.04. The van der Waals surface area contributed by atoms with Crippen LogP contribution < -0.4 is 5.32 Å². The zero-order chi connectivity index (χ0) is 17.5. The lowest BCUT2D eigenvalue weighted by atomic mass is 10.2. The van der Waals surface area contributed by atoms with Crippen LogP contribution in [0, 0.1) is 0 Å². The van der Waals surface area contributed by atoms with E-state index < -0.39 is 0 Å². The number of H-pyrrole nitrogens is 1. The van der Waals surface area contributed by atoms with Crippen molar-refractivity contribution >= 4 is 39.9 Å². The molecule has 0 fully saturated rings. The highest BCUT2D eigenvalue weighted by Gasteiger charge is 2.14. The Bertz CT molecular complexity index is 1210. The molecule has 0 aliphatic heterocycles. The Balaban J connectivity index is 1.58. The van der Waals surface area contributed by atoms with Crippen molar-refractivity contribution in [2.45, 2.75) is 0 Å². The van der Waals surface area contributed by atoms with Gasteiger partial charge in [0.25, 0.3) is 0 Å². The average molecular weight is 362 g/mol. The Morgan fingerprint density at radius 1 is 0.962 bits per heavy atom. The molecule has 5 rings (SSSR count). The summed E-state index contributed by atoms with van der Waals surface area (Å²) in [5.41, 5.74) is 3.18. The molecule has 2 N–H and O–H groups in total. The number of nitrogens with one attached hydrogen (secondary N) is 2. The van der Waals surface area contributed by atoms with Crippen LogP contribution in [0.5, 0.6) is 0 Å². The highest BCUT2D eigenvalue weighted by Crippen LogP contribution is 2.23. The third-order valence-corrected chi connectivity index (χ3v) is 4.29. The molecule has 3 heterocycles. The number of aromatic amines is 1. The third kappa shape index (κ3) is 2.46. The van der Waals surface area contributed by atoms with Crippen molar-refractivity contribution in [2.24, 2.45) is 0 Å². The van der Waals surface area contributed by atoms with E-state index in [1.165, 1.54) is 0 Å². The highest BCUT2D eigenvalue weighted by atomic mass is 35.5. The molecule has 26 heavy (non-hydrogen) atoms. The maximum absolute atomic E-state index is 5.93. The van der Waals surface area contributed by atoms with Crippen molar-refractivity contribution in [3.63, 3.8) is 0 Å². The number of benzene rings is 2. The van der Waals surface area contributed by atoms with Gasteiger partial charge in [0, 0.05) is 22.5 Å². The highest BCUT2D eigenvalue weighted by molar-refractivity contribution is 6.30. The van der Waals surface area contributed by atoms with Gasteiger partial charge in [0.1, 0.15) is 0 Å². The Labute approximate surface area is 152 Å². The molecular weight excluding hydrogens is 350 g/mol. The molecule has 5 aromatic rings. The van der Waals surface area contributed by atoms with Gasteiger partial charge in [-0.15, -0.1) is 10.2 Å². The van der Waals surface area contributed by atoms with Gasteiger partial charge in [0.05, 0.1) is 5.39 Å². The molecule has 0 amide bonds. The van der Waals surface area contributed by atoms with Gasteiger partial charge in [-0.2, -0.15) is 4.52 Å². The maximum atomic E-state index is 5.93. The van der Waals surface area contributed by atoms with Crippen molar-refractivity contribution in [2.75, 3.05) is 5.32 Å². The Hall–Kier alpha value is -3.45. The largest absolute Gasteiger partial charge is 0.323 e. The van der Waals surface area contributed by atoms with Crippen molar-refractivity contribution in [3.8, 4) is 11.4 Å². The van der Waals surface area contributed by atoms with Crippen LogP contribution in [0.4, 0.5) is 11.6 Å². The lowest BCUT2D eigenvalue weighted by molar-refractivity contribution is 0.972. The summed E-state index contributed by atoms with van der Waals surface area (Å²) in [5.74, 6) is 1.21. The van der Waals surface area contributed by atoms with Gasteiger partial charge in [-0.3, -0.25) is 5.10 Å². The predicted octanol–water partition coefficient (Wildman–Crippen LogP) is 4.06. The molecule has 0 atom stereocenters. The first kappa shape index (κ1) is 14.9. The first-order chi connectivity index (χ1) is 12.8. The minimum atomic E-state index is 0.557. The summed E-state index contributed by atoms with van der Waals surface area (Å²) in [6, 6.07) is 17.2. The Morgan fingerprint density at radius 2 is 1.77 bits per heavy atom. The van der Waals surface area contributed by atoms with Gasteiger partial charge in [-0.1, -0.05) is 41.9 Å². The lowest BCUT2D eigenvalue weighted by Crippen LogP contribution is -1.97. The van der Waals surface area contributed by atoms with E-state index in [2.05, 4.69) is 30.6 Å². The minimum Gasteiger partial charge on any atom is -0.323 e. The van der Waals surface area contributed by atoms with Crippen LogP contribution >= 0.6 is 11.6 Å². The SMILES string of the molecule is Clc1ccc(Nc2nnc3c4cnc(-c5ccccc5)nc4[nH]n23)cc1. The molecule has 3 aromatic heterocycles. The summed E-state index contributed by atoms with van der Waals surface area (Å²) in [4.78, 5) is 9.07. The van der Waals surface area contributed by atoms with Gasteiger partial charge in [0.2, 0.25) is 5.95 Å². The number of fused-ring (bicyclic) bond motifs is 3. The maximum Gasteiger partial charge on any atom is 0.248 e. The van der Waals surface area contributed by atoms with Crippen LogP contribution in [-0.4, -0.2) is 29.8 Å². The predicted molar refractivity (Wildman–Crippen MR) is 101 cm³/mol. The summed E-state index contributed by atoms with van der Waals surface area (Å²) in [5, 5.41) is 16.3. The number of nitrogens with zero attached hydrogens (tertiary/aromatic N) is 5. The molecule has 0 radical (unpaired) electrons. The number of halogens is 1. The van der Waals surface area contributed by atoms with Crippen LogP contribution in [-0.2, 0) is 0 Å². The second-order valence-corrected chi connectivity index (χ2v) is 6.18. The summed E-state index contributed by atoms with van der Waals surface area (Å²) in [7, 11) is 0. The van der Waals surface area contributed by atoms with Crippen molar-refractivity contribution in [1.29, 1.82) is 0 Å². The van der Waals surface area contributed by atoms with Gasteiger partial charge >= 0.3 is 0 Å². The average Bonchev–Trinajstić information content (AvgIpc) is 3.23. The summed E-state index contributed by atoms with van der Waals surface area (Å²) in [6.07, 6.45) is 1.76. The molecule has 8 heteroatoms. The van der Waals surface area contributed by atoms with E-state index in [-0.39, 0.29) is 0 Å². The number of aromatic nitrogens is 6. The fourth-order valence-electron chi connectivity index (χ4n) is 2.77. The second-order valence-electron chi connectivity index (χ2n) is 5.75. The Morgan fingerprint density at radius 3 is 2.58 bits per heavy atom. The molecule has 0 saturated heterocycles. The van der Waals surface area contributed by atoms with Crippen LogP contribution in [0.25, 0.3) is 28.1 Å². The van der Waals surface area contributed by atoms with Crippen molar-refractivity contribution in [1.82, 2.24) is 29.8 Å². The second kappa shape index (κ2) is 5.82. The van der Waals surface area contributed by atoms with E-state index in [4.69, 9.17) is 11.6 Å². The molecule has 0 unspecified atom stereocenters. The molecular formula is C18H12ClN7. The zero-order valence-electron chi connectivity index (χ0n) is 13.4. The Kier molecular flexibility index (Phi) is 3.32. The van der Waals surface area contributed by atoms with Gasteiger partial charge in [0.15, 0.2) is 17.1 Å². The van der Waals surface area contributed by atoms with Crippen LogP contribution in [0.2, 0.25) is 5.02 Å². The quantitative estimate of drug-likeness (QED) is 0.506. The molecule has 0 saturated carbocycles. The van der Waals surface area contributed by atoms with Gasteiger partial charge in [-0.25, -0.2) is 9.97 Å². The van der Waals surface area contributed by atoms with E-state index in [0.717, 1.165) is 16.6 Å². The summed E-state index contributed by atoms with van der Waals surface area (Å²) >= 11 is 5.93. The molecule has 0 aliphatic carbocycles. The van der Waals surface area contributed by atoms with E-state index >= 15 is 0 Å². The molecule has 7 nitrogen and oxygen atoms in total. The van der Waals surface area contributed by atoms with Crippen LogP contribution in [0.3, 0.4) is 0 Å². The van der Waals surface area contributed by atoms with E-state index in [1.54, 1.807) is 10.7 Å². The topological polar surface area (TPSA) is 83.8 Å². The fraction of sp³-hybridized carbons (Fsp3) is 0. The number of hydrogen-bond donors (Lipinski definition) is 2. The normalized spacial score (nSPS) is 11.3. The van der Waals surface area contributed by atoms with E-state index in [9.17, 15) is 0 Å². The lowest BCUT2D eigenvalue weighted by Gasteiger charge is -2.02. The molecule has 0 spiro atoms. The monoisotopic (exact) mass is 361 g/mol. The van der Waals surface area contributed by atoms with Crippen molar-refractivity contribution in [3.05, 3.63) is 65.8 Å². The molecule has 0 aliphatic rings. The van der Waals surface area contributed by atoms with Crippen molar-refractivity contribution < 1.29 is 0 Å². The number of rotatable bonds is 3.